The second-order valence-electron chi connectivity index (χ2n) is 3.37. The molecule has 0 aromatic heterocycles. The van der Waals surface area contributed by atoms with Crippen molar-refractivity contribution >= 4 is 29.0 Å². The van der Waals surface area contributed by atoms with E-state index in [1.807, 2.05) is 0 Å². The third kappa shape index (κ3) is 3.63. The molecule has 18 heavy (non-hydrogen) atoms. The fourth-order valence-electron chi connectivity index (χ4n) is 1.18. The van der Waals surface area contributed by atoms with E-state index in [0.717, 1.165) is 12.1 Å². The van der Waals surface area contributed by atoms with Gasteiger partial charge in [-0.15, -0.1) is 11.6 Å². The molecule has 0 saturated heterocycles. The smallest absolute Gasteiger partial charge is 0.386 e. The number of carbonyl (C=O) groups is 1. The molecule has 0 unspecified atom stereocenters. The minimum Gasteiger partial charge on any atom is -0.386 e. The third-order valence-corrected chi connectivity index (χ3v) is 2.21. The summed E-state index contributed by atoms with van der Waals surface area (Å²) >= 11 is 5.36. The van der Waals surface area contributed by atoms with E-state index < -0.39 is 17.6 Å². The van der Waals surface area contributed by atoms with Gasteiger partial charge < -0.3 is 11.5 Å². The molecule has 0 radical (unpaired) electrons. The summed E-state index contributed by atoms with van der Waals surface area (Å²) in [5.41, 5.74) is 8.80. The number of alkyl halides is 4. The fraction of sp³-hybridized carbons (Fsp3) is 0.200. The van der Waals surface area contributed by atoms with Gasteiger partial charge in [-0.05, 0) is 18.2 Å². The van der Waals surface area contributed by atoms with E-state index in [9.17, 15) is 18.0 Å². The molecule has 98 valence electrons. The number of carbonyl (C=O) groups excluding carboxylic acids is 1. The molecule has 1 rings (SSSR count). The summed E-state index contributed by atoms with van der Waals surface area (Å²) in [6.45, 7) is 0. The lowest BCUT2D eigenvalue weighted by molar-refractivity contribution is -0.137. The number of benzene rings is 1. The Morgan fingerprint density at radius 3 is 2.33 bits per heavy atom. The Balaban J connectivity index is 3.36. The second-order valence-corrected chi connectivity index (χ2v) is 3.63. The molecule has 0 aliphatic rings. The van der Waals surface area contributed by atoms with Crippen molar-refractivity contribution in [3.8, 4) is 0 Å². The van der Waals surface area contributed by atoms with Crippen LogP contribution in [0, 0.1) is 0 Å². The van der Waals surface area contributed by atoms with Crippen molar-refractivity contribution in [1.82, 2.24) is 0 Å². The molecule has 0 atom stereocenters. The number of rotatable bonds is 3. The van der Waals surface area contributed by atoms with Crippen LogP contribution in [0.25, 0.3) is 0 Å². The molecule has 1 amide bonds. The van der Waals surface area contributed by atoms with Crippen LogP contribution in [-0.2, 0) is 6.18 Å². The Morgan fingerprint density at radius 1 is 1.28 bits per heavy atom. The summed E-state index contributed by atoms with van der Waals surface area (Å²) in [6.07, 6.45) is -4.61. The lowest BCUT2D eigenvalue weighted by Crippen LogP contribution is -2.15. The summed E-state index contributed by atoms with van der Waals surface area (Å²) in [5, 5.41) is 0. The first-order chi connectivity index (χ1) is 8.24. The maximum atomic E-state index is 12.6. The van der Waals surface area contributed by atoms with Gasteiger partial charge in [-0.2, -0.15) is 13.2 Å². The Morgan fingerprint density at radius 2 is 1.89 bits per heavy atom. The van der Waals surface area contributed by atoms with Crippen molar-refractivity contribution in [2.24, 2.45) is 16.5 Å². The number of hydrogen-bond acceptors (Lipinski definition) is 2. The summed E-state index contributed by atoms with van der Waals surface area (Å²) in [4.78, 5) is 14.6. The van der Waals surface area contributed by atoms with Crippen LogP contribution in [0.5, 0.6) is 0 Å². The van der Waals surface area contributed by atoms with Crippen molar-refractivity contribution < 1.29 is 18.0 Å². The maximum absolute atomic E-state index is 12.6. The van der Waals surface area contributed by atoms with Gasteiger partial charge in [0, 0.05) is 5.56 Å². The maximum Gasteiger partial charge on any atom is 0.416 e. The zero-order valence-electron chi connectivity index (χ0n) is 8.96. The minimum absolute atomic E-state index is 0.0635. The normalized spacial score (nSPS) is 12.6. The van der Waals surface area contributed by atoms with Crippen LogP contribution in [0.3, 0.4) is 0 Å². The largest absolute Gasteiger partial charge is 0.416 e. The molecule has 1 aromatic rings. The average Bonchev–Trinajstić information content (AvgIpc) is 2.27. The van der Waals surface area contributed by atoms with Gasteiger partial charge in [0.05, 0.1) is 17.1 Å². The molecule has 4 nitrogen and oxygen atoms in total. The highest BCUT2D eigenvalue weighted by Gasteiger charge is 2.31. The Bertz CT molecular complexity index is 500. The Kier molecular flexibility index (Phi) is 4.18. The highest BCUT2D eigenvalue weighted by Crippen LogP contribution is 2.32. The van der Waals surface area contributed by atoms with Gasteiger partial charge in [-0.3, -0.25) is 4.79 Å². The number of nitrogens with two attached hydrogens (primary N) is 2. The van der Waals surface area contributed by atoms with Crippen LogP contribution in [0.15, 0.2) is 23.2 Å². The van der Waals surface area contributed by atoms with Crippen molar-refractivity contribution in [1.29, 1.82) is 0 Å². The van der Waals surface area contributed by atoms with Crippen LogP contribution in [0.2, 0.25) is 0 Å². The molecule has 0 spiro atoms. The fourth-order valence-corrected chi connectivity index (χ4v) is 1.24. The molecular weight excluding hydrogens is 271 g/mol. The molecule has 0 aliphatic carbocycles. The van der Waals surface area contributed by atoms with Crippen molar-refractivity contribution in [2.75, 3.05) is 5.88 Å². The second kappa shape index (κ2) is 5.26. The van der Waals surface area contributed by atoms with E-state index in [4.69, 9.17) is 23.1 Å². The number of nitrogens with zero attached hydrogens (tertiary/aromatic N) is 1. The van der Waals surface area contributed by atoms with Gasteiger partial charge >= 0.3 is 6.18 Å². The molecule has 0 heterocycles. The van der Waals surface area contributed by atoms with E-state index in [-0.39, 0.29) is 23.0 Å². The van der Waals surface area contributed by atoms with E-state index >= 15 is 0 Å². The predicted molar refractivity (Wildman–Crippen MR) is 62.0 cm³/mol. The lowest BCUT2D eigenvalue weighted by atomic mass is 10.1. The topological polar surface area (TPSA) is 81.5 Å². The molecule has 0 saturated carbocycles. The molecular formula is C10H9ClF3N3O. The predicted octanol–water partition coefficient (Wildman–Crippen LogP) is 2.03. The zero-order valence-corrected chi connectivity index (χ0v) is 9.72. The standard InChI is InChI=1S/C10H9ClF3N3O/c11-4-8(15)17-7-2-5(9(16)18)1-6(3-7)10(12,13)14/h1-3H,4H2,(H2,15,17)(H2,16,18). The quantitative estimate of drug-likeness (QED) is 0.504. The molecule has 1 aromatic carbocycles. The summed E-state index contributed by atoms with van der Waals surface area (Å²) < 4.78 is 37.7. The number of halogens is 4. The van der Waals surface area contributed by atoms with Crippen LogP contribution in [0.1, 0.15) is 15.9 Å². The Labute approximate surface area is 105 Å². The van der Waals surface area contributed by atoms with E-state index in [2.05, 4.69) is 4.99 Å². The monoisotopic (exact) mass is 279 g/mol. The first kappa shape index (κ1) is 14.3. The van der Waals surface area contributed by atoms with Crippen molar-refractivity contribution in [3.05, 3.63) is 29.3 Å². The molecule has 0 aliphatic heterocycles. The van der Waals surface area contributed by atoms with Crippen molar-refractivity contribution in [3.63, 3.8) is 0 Å². The van der Waals surface area contributed by atoms with Gasteiger partial charge in [0.15, 0.2) is 0 Å². The van der Waals surface area contributed by atoms with Gasteiger partial charge in [0.25, 0.3) is 0 Å². The summed E-state index contributed by atoms with van der Waals surface area (Å²) in [5.74, 6) is -1.18. The average molecular weight is 280 g/mol. The van der Waals surface area contributed by atoms with Gasteiger partial charge in [0.2, 0.25) is 5.91 Å². The molecule has 0 fully saturated rings. The van der Waals surface area contributed by atoms with Crippen LogP contribution < -0.4 is 11.5 Å². The first-order valence-corrected chi connectivity index (χ1v) is 5.18. The third-order valence-electron chi connectivity index (χ3n) is 1.94. The highest BCUT2D eigenvalue weighted by molar-refractivity contribution is 6.28. The SMILES string of the molecule is NC(=O)c1cc(N=C(N)CCl)cc(C(F)(F)F)c1. The molecule has 0 bridgehead atoms. The number of amides is 1. The molecule has 4 N–H and O–H groups in total. The number of aliphatic imine (C=N–C) groups is 1. The van der Waals surface area contributed by atoms with Crippen LogP contribution in [0.4, 0.5) is 18.9 Å². The zero-order chi connectivity index (χ0) is 13.9. The summed E-state index contributed by atoms with van der Waals surface area (Å²) in [6, 6.07) is 2.51. The van der Waals surface area contributed by atoms with E-state index in [0.29, 0.717) is 6.07 Å². The van der Waals surface area contributed by atoms with Gasteiger partial charge in [-0.25, -0.2) is 4.99 Å². The summed E-state index contributed by atoms with van der Waals surface area (Å²) in [7, 11) is 0. The van der Waals surface area contributed by atoms with Crippen LogP contribution in [-0.4, -0.2) is 17.6 Å². The van der Waals surface area contributed by atoms with Crippen LogP contribution >= 0.6 is 11.6 Å². The highest BCUT2D eigenvalue weighted by atomic mass is 35.5. The first-order valence-electron chi connectivity index (χ1n) is 4.65. The van der Waals surface area contributed by atoms with Gasteiger partial charge in [-0.1, -0.05) is 0 Å². The number of primary amides is 1. The van der Waals surface area contributed by atoms with Crippen molar-refractivity contribution in [2.45, 2.75) is 6.18 Å². The van der Waals surface area contributed by atoms with Gasteiger partial charge in [0.1, 0.15) is 5.84 Å². The minimum atomic E-state index is -4.61. The van der Waals surface area contributed by atoms with E-state index in [1.54, 1.807) is 0 Å². The Hall–Kier alpha value is -1.76. The van der Waals surface area contributed by atoms with E-state index in [1.165, 1.54) is 0 Å². The number of amidine groups is 1. The lowest BCUT2D eigenvalue weighted by Gasteiger charge is -2.09. The molecule has 8 heteroatoms. The number of hydrogen-bond donors (Lipinski definition) is 2.